The van der Waals surface area contributed by atoms with E-state index in [4.69, 9.17) is 4.74 Å². The highest BCUT2D eigenvalue weighted by Crippen LogP contribution is 2.37. The number of pyridine rings is 1. The smallest absolute Gasteiger partial charge is 0.417 e. The molecule has 0 radical (unpaired) electrons. The zero-order valence-corrected chi connectivity index (χ0v) is 15.5. The van der Waals surface area contributed by atoms with Gasteiger partial charge >= 0.3 is 6.18 Å². The quantitative estimate of drug-likeness (QED) is 0.759. The second kappa shape index (κ2) is 8.31. The van der Waals surface area contributed by atoms with Gasteiger partial charge in [0.1, 0.15) is 16.8 Å². The summed E-state index contributed by atoms with van der Waals surface area (Å²) >= 11 is 0.794. The molecule has 0 aliphatic heterocycles. The number of ether oxygens (including phenoxy) is 1. The summed E-state index contributed by atoms with van der Waals surface area (Å²) in [7, 11) is 1.46. The minimum Gasteiger partial charge on any atom is -0.495 e. The standard InChI is InChI=1S/C18H16F3N3O2S/c1-10-8-13(18(19,20)21)12(9-22)17(23-10)27-11(2)16(25)24-14-6-4-5-7-15(14)26-3/h4-8,11H,1-3H3,(H,24,25). The highest BCUT2D eigenvalue weighted by atomic mass is 32.2. The summed E-state index contributed by atoms with van der Waals surface area (Å²) in [6.07, 6.45) is -4.68. The van der Waals surface area contributed by atoms with Gasteiger partial charge in [0.05, 0.1) is 29.2 Å². The summed E-state index contributed by atoms with van der Waals surface area (Å²) in [6.45, 7) is 2.92. The summed E-state index contributed by atoms with van der Waals surface area (Å²) in [5.74, 6) is -0.000873. The number of carbonyl (C=O) groups excluding carboxylic acids is 1. The van der Waals surface area contributed by atoms with Gasteiger partial charge in [-0.15, -0.1) is 0 Å². The maximum atomic E-state index is 13.2. The van der Waals surface area contributed by atoms with Crippen LogP contribution in [-0.2, 0) is 11.0 Å². The van der Waals surface area contributed by atoms with Gasteiger partial charge in [-0.05, 0) is 32.0 Å². The van der Waals surface area contributed by atoms with Crippen molar-refractivity contribution in [2.24, 2.45) is 0 Å². The molecule has 5 nitrogen and oxygen atoms in total. The Morgan fingerprint density at radius 2 is 2.04 bits per heavy atom. The van der Waals surface area contributed by atoms with Crippen LogP contribution in [0.25, 0.3) is 0 Å². The molecule has 0 saturated heterocycles. The Balaban J connectivity index is 2.27. The predicted octanol–water partition coefficient (Wildman–Crippen LogP) is 4.41. The minimum absolute atomic E-state index is 0.112. The van der Waals surface area contributed by atoms with E-state index in [-0.39, 0.29) is 10.7 Å². The van der Waals surface area contributed by atoms with E-state index in [1.807, 2.05) is 0 Å². The summed E-state index contributed by atoms with van der Waals surface area (Å²) in [5.41, 5.74) is -1.10. The first-order valence-corrected chi connectivity index (χ1v) is 8.64. The van der Waals surface area contributed by atoms with E-state index in [2.05, 4.69) is 10.3 Å². The molecule has 0 fully saturated rings. The number of aromatic nitrogens is 1. The molecule has 1 aromatic heterocycles. The predicted molar refractivity (Wildman–Crippen MR) is 95.6 cm³/mol. The van der Waals surface area contributed by atoms with Gasteiger partial charge in [0, 0.05) is 5.69 Å². The number of para-hydroxylation sites is 2. The highest BCUT2D eigenvalue weighted by molar-refractivity contribution is 8.00. The van der Waals surface area contributed by atoms with Crippen LogP contribution in [0.4, 0.5) is 18.9 Å². The lowest BCUT2D eigenvalue weighted by Gasteiger charge is -2.16. The molecule has 1 N–H and O–H groups in total. The third-order valence-electron chi connectivity index (χ3n) is 3.55. The minimum atomic E-state index is -4.68. The molecule has 0 saturated carbocycles. The Morgan fingerprint density at radius 3 is 2.63 bits per heavy atom. The average Bonchev–Trinajstić information content (AvgIpc) is 2.60. The van der Waals surface area contributed by atoms with E-state index in [1.165, 1.54) is 21.0 Å². The van der Waals surface area contributed by atoms with Crippen LogP contribution in [0.2, 0.25) is 0 Å². The van der Waals surface area contributed by atoms with Crippen molar-refractivity contribution in [1.82, 2.24) is 4.98 Å². The normalized spacial score (nSPS) is 12.2. The van der Waals surface area contributed by atoms with Gasteiger partial charge in [-0.2, -0.15) is 18.4 Å². The molecule has 0 bridgehead atoms. The second-order valence-corrected chi connectivity index (χ2v) is 6.88. The zero-order valence-electron chi connectivity index (χ0n) is 14.7. The molecule has 0 spiro atoms. The van der Waals surface area contributed by atoms with Crippen molar-refractivity contribution >= 4 is 23.4 Å². The first-order chi connectivity index (χ1) is 12.7. The summed E-state index contributed by atoms with van der Waals surface area (Å²) in [4.78, 5) is 16.4. The van der Waals surface area contributed by atoms with Gasteiger partial charge in [0.25, 0.3) is 0 Å². The molecule has 0 aliphatic rings. The Hall–Kier alpha value is -2.73. The molecule has 2 rings (SSSR count). The number of amides is 1. The number of nitrogens with one attached hydrogen (secondary N) is 1. The molecule has 1 amide bonds. The van der Waals surface area contributed by atoms with Crippen LogP contribution in [0.3, 0.4) is 0 Å². The van der Waals surface area contributed by atoms with E-state index < -0.39 is 28.5 Å². The number of methoxy groups -OCH3 is 1. The third-order valence-corrected chi connectivity index (χ3v) is 4.64. The zero-order chi connectivity index (χ0) is 20.2. The van der Waals surface area contributed by atoms with Crippen molar-refractivity contribution in [2.75, 3.05) is 12.4 Å². The van der Waals surface area contributed by atoms with Gasteiger partial charge in [0.2, 0.25) is 5.91 Å². The van der Waals surface area contributed by atoms with Crippen molar-refractivity contribution < 1.29 is 22.7 Å². The van der Waals surface area contributed by atoms with E-state index in [9.17, 15) is 23.2 Å². The molecule has 1 unspecified atom stereocenters. The van der Waals surface area contributed by atoms with Crippen molar-refractivity contribution in [2.45, 2.75) is 30.3 Å². The van der Waals surface area contributed by atoms with Crippen LogP contribution in [0.5, 0.6) is 5.75 Å². The Bertz CT molecular complexity index is 894. The van der Waals surface area contributed by atoms with Crippen molar-refractivity contribution in [3.05, 3.63) is 47.2 Å². The number of thioether (sulfide) groups is 1. The molecule has 2 aromatic rings. The summed E-state index contributed by atoms with van der Waals surface area (Å²) in [5, 5.41) is 10.9. The van der Waals surface area contributed by atoms with Crippen LogP contribution >= 0.6 is 11.8 Å². The van der Waals surface area contributed by atoms with Crippen LogP contribution < -0.4 is 10.1 Å². The number of alkyl halides is 3. The van der Waals surface area contributed by atoms with E-state index in [1.54, 1.807) is 30.3 Å². The number of aryl methyl sites for hydroxylation is 1. The SMILES string of the molecule is COc1ccccc1NC(=O)C(C)Sc1nc(C)cc(C(F)(F)F)c1C#N. The van der Waals surface area contributed by atoms with Gasteiger partial charge in [-0.3, -0.25) is 4.79 Å². The molecule has 1 aromatic carbocycles. The number of anilines is 1. The fraction of sp³-hybridized carbons (Fsp3) is 0.278. The number of hydrogen-bond acceptors (Lipinski definition) is 5. The maximum Gasteiger partial charge on any atom is 0.417 e. The van der Waals surface area contributed by atoms with Crippen LogP contribution in [0.15, 0.2) is 35.4 Å². The lowest BCUT2D eigenvalue weighted by molar-refractivity contribution is -0.138. The lowest BCUT2D eigenvalue weighted by atomic mass is 10.1. The highest BCUT2D eigenvalue weighted by Gasteiger charge is 2.36. The molecule has 142 valence electrons. The van der Waals surface area contributed by atoms with Crippen LogP contribution in [-0.4, -0.2) is 23.3 Å². The number of benzene rings is 1. The van der Waals surface area contributed by atoms with Gasteiger partial charge < -0.3 is 10.1 Å². The molecule has 0 aliphatic carbocycles. The first kappa shape index (κ1) is 20.6. The molecule has 27 heavy (non-hydrogen) atoms. The monoisotopic (exact) mass is 395 g/mol. The Kier molecular flexibility index (Phi) is 6.33. The number of halogens is 3. The summed E-state index contributed by atoms with van der Waals surface area (Å²) in [6, 6.07) is 9.13. The van der Waals surface area contributed by atoms with Gasteiger partial charge in [0.15, 0.2) is 0 Å². The average molecular weight is 395 g/mol. The molecule has 9 heteroatoms. The van der Waals surface area contributed by atoms with Crippen LogP contribution in [0, 0.1) is 18.3 Å². The maximum absolute atomic E-state index is 13.2. The van der Waals surface area contributed by atoms with Crippen molar-refractivity contribution in [1.29, 1.82) is 5.26 Å². The third kappa shape index (κ3) is 4.92. The number of carbonyl (C=O) groups is 1. The molecular formula is C18H16F3N3O2S. The second-order valence-electron chi connectivity index (χ2n) is 5.55. The number of hydrogen-bond donors (Lipinski definition) is 1. The number of rotatable bonds is 5. The van der Waals surface area contributed by atoms with Crippen molar-refractivity contribution in [3.8, 4) is 11.8 Å². The Labute approximate surface area is 158 Å². The first-order valence-electron chi connectivity index (χ1n) is 7.76. The van der Waals surface area contributed by atoms with E-state index >= 15 is 0 Å². The topological polar surface area (TPSA) is 75.0 Å². The fourth-order valence-electron chi connectivity index (χ4n) is 2.26. The largest absolute Gasteiger partial charge is 0.495 e. The fourth-order valence-corrected chi connectivity index (χ4v) is 3.24. The number of nitriles is 1. The lowest BCUT2D eigenvalue weighted by Crippen LogP contribution is -2.23. The molecule has 1 heterocycles. The van der Waals surface area contributed by atoms with E-state index in [0.29, 0.717) is 11.4 Å². The molecule has 1 atom stereocenters. The van der Waals surface area contributed by atoms with Crippen molar-refractivity contribution in [3.63, 3.8) is 0 Å². The number of nitrogens with zero attached hydrogens (tertiary/aromatic N) is 2. The Morgan fingerprint density at radius 1 is 1.37 bits per heavy atom. The van der Waals surface area contributed by atoms with Gasteiger partial charge in [-0.25, -0.2) is 4.98 Å². The van der Waals surface area contributed by atoms with Gasteiger partial charge in [-0.1, -0.05) is 23.9 Å². The molecular weight excluding hydrogens is 379 g/mol. The summed E-state index contributed by atoms with van der Waals surface area (Å²) < 4.78 is 44.7. The van der Waals surface area contributed by atoms with E-state index in [0.717, 1.165) is 17.8 Å². The van der Waals surface area contributed by atoms with Crippen LogP contribution in [0.1, 0.15) is 23.7 Å².